The summed E-state index contributed by atoms with van der Waals surface area (Å²) in [6.45, 7) is 2.03. The van der Waals surface area contributed by atoms with Crippen molar-refractivity contribution in [2.75, 3.05) is 26.2 Å². The van der Waals surface area contributed by atoms with Gasteiger partial charge in [0, 0.05) is 18.5 Å². The van der Waals surface area contributed by atoms with Gasteiger partial charge in [0.25, 0.3) is 5.92 Å². The van der Waals surface area contributed by atoms with E-state index in [1.807, 2.05) is 0 Å². The lowest BCUT2D eigenvalue weighted by Crippen LogP contribution is -2.41. The van der Waals surface area contributed by atoms with E-state index in [1.165, 1.54) is 12.1 Å². The van der Waals surface area contributed by atoms with Crippen molar-refractivity contribution in [2.45, 2.75) is 18.8 Å². The Morgan fingerprint density at radius 2 is 1.95 bits per heavy atom. The second kappa shape index (κ2) is 6.10. The predicted octanol–water partition coefficient (Wildman–Crippen LogP) is 1.99. The highest BCUT2D eigenvalue weighted by Crippen LogP contribution is 2.26. The second-order valence-electron chi connectivity index (χ2n) is 4.79. The maximum Gasteiger partial charge on any atom is 0.290 e. The van der Waals surface area contributed by atoms with Crippen LogP contribution >= 0.6 is 0 Å². The van der Waals surface area contributed by atoms with E-state index in [9.17, 15) is 13.6 Å². The summed E-state index contributed by atoms with van der Waals surface area (Å²) < 4.78 is 27.5. The molecule has 0 aliphatic carbocycles. The van der Waals surface area contributed by atoms with Gasteiger partial charge in [0.2, 0.25) is 5.91 Å². The number of carbonyl (C=O) groups excluding carboxylic acids is 1. The molecule has 1 aromatic rings. The third-order valence-corrected chi connectivity index (χ3v) is 3.31. The van der Waals surface area contributed by atoms with Crippen LogP contribution in [0.25, 0.3) is 0 Å². The van der Waals surface area contributed by atoms with Crippen molar-refractivity contribution in [3.05, 3.63) is 35.9 Å². The summed E-state index contributed by atoms with van der Waals surface area (Å²) in [6, 6.07) is 7.55. The number of halogens is 2. The van der Waals surface area contributed by atoms with E-state index >= 15 is 0 Å². The van der Waals surface area contributed by atoms with Gasteiger partial charge in [0.15, 0.2) is 0 Å². The lowest BCUT2D eigenvalue weighted by Gasteiger charge is -2.30. The fourth-order valence-electron chi connectivity index (χ4n) is 1.95. The molecule has 1 heterocycles. The van der Waals surface area contributed by atoms with E-state index in [0.29, 0.717) is 6.54 Å². The lowest BCUT2D eigenvalue weighted by molar-refractivity contribution is -0.123. The second-order valence-corrected chi connectivity index (χ2v) is 4.79. The molecule has 1 amide bonds. The van der Waals surface area contributed by atoms with Crippen LogP contribution in [0.4, 0.5) is 8.78 Å². The molecule has 0 saturated carbocycles. The molecule has 1 aromatic carbocycles. The van der Waals surface area contributed by atoms with Gasteiger partial charge in [0.05, 0.1) is 6.54 Å². The normalized spacial score (nSPS) is 15.9. The summed E-state index contributed by atoms with van der Waals surface area (Å²) in [5.74, 6) is -3.34. The first-order valence-corrected chi connectivity index (χ1v) is 6.50. The van der Waals surface area contributed by atoms with Crippen molar-refractivity contribution in [2.24, 2.45) is 0 Å². The third-order valence-electron chi connectivity index (χ3n) is 3.31. The fraction of sp³-hybridized carbons (Fsp3) is 0.500. The molecular weight excluding hydrogens is 250 g/mol. The topological polar surface area (TPSA) is 32.3 Å². The molecule has 2 rings (SSSR count). The van der Waals surface area contributed by atoms with E-state index in [1.54, 1.807) is 18.2 Å². The molecule has 3 nitrogen and oxygen atoms in total. The van der Waals surface area contributed by atoms with E-state index in [0.717, 1.165) is 19.5 Å². The smallest absolute Gasteiger partial charge is 0.290 e. The average molecular weight is 268 g/mol. The highest BCUT2D eigenvalue weighted by atomic mass is 19.3. The van der Waals surface area contributed by atoms with Gasteiger partial charge in [-0.05, 0) is 19.5 Å². The maximum absolute atomic E-state index is 13.8. The van der Waals surface area contributed by atoms with Gasteiger partial charge >= 0.3 is 0 Å². The molecule has 1 aliphatic rings. The molecule has 1 fully saturated rings. The van der Waals surface area contributed by atoms with Crippen LogP contribution < -0.4 is 5.32 Å². The van der Waals surface area contributed by atoms with Crippen molar-refractivity contribution in [1.82, 2.24) is 10.2 Å². The summed E-state index contributed by atoms with van der Waals surface area (Å²) in [5, 5.41) is 2.31. The third kappa shape index (κ3) is 3.99. The zero-order chi connectivity index (χ0) is 13.7. The number of likely N-dealkylation sites (tertiary alicyclic amines) is 1. The van der Waals surface area contributed by atoms with Crippen LogP contribution in [0.2, 0.25) is 0 Å². The molecule has 0 bridgehead atoms. The van der Waals surface area contributed by atoms with Gasteiger partial charge < -0.3 is 10.2 Å². The molecule has 0 atom stereocenters. The number of carbonyl (C=O) groups is 1. The highest BCUT2D eigenvalue weighted by Gasteiger charge is 2.31. The standard InChI is InChI=1S/C14H18F2N2O/c15-14(16,12-5-2-1-3-6-12)11-17-13(19)7-10-18-8-4-9-18/h1-3,5-6H,4,7-11H2,(H,17,19). The largest absolute Gasteiger partial charge is 0.350 e. The number of amides is 1. The molecule has 1 N–H and O–H groups in total. The van der Waals surface area contributed by atoms with Crippen LogP contribution in [0.1, 0.15) is 18.4 Å². The number of hydrogen-bond acceptors (Lipinski definition) is 2. The molecule has 0 unspecified atom stereocenters. The number of hydrogen-bond donors (Lipinski definition) is 1. The number of nitrogens with zero attached hydrogens (tertiary/aromatic N) is 1. The van der Waals surface area contributed by atoms with Gasteiger partial charge in [0.1, 0.15) is 0 Å². The van der Waals surface area contributed by atoms with Crippen molar-refractivity contribution in [3.8, 4) is 0 Å². The van der Waals surface area contributed by atoms with Gasteiger partial charge in [-0.1, -0.05) is 30.3 Å². The zero-order valence-electron chi connectivity index (χ0n) is 10.7. The van der Waals surface area contributed by atoms with Crippen LogP contribution in [-0.2, 0) is 10.7 Å². The van der Waals surface area contributed by atoms with Crippen molar-refractivity contribution >= 4 is 5.91 Å². The Hall–Kier alpha value is -1.49. The van der Waals surface area contributed by atoms with Gasteiger partial charge in [-0.2, -0.15) is 8.78 Å². The Balaban J connectivity index is 1.75. The maximum atomic E-state index is 13.8. The first kappa shape index (κ1) is 13.9. The quantitative estimate of drug-likeness (QED) is 0.855. The highest BCUT2D eigenvalue weighted by molar-refractivity contribution is 5.76. The predicted molar refractivity (Wildman–Crippen MR) is 69.0 cm³/mol. The zero-order valence-corrected chi connectivity index (χ0v) is 10.7. The summed E-state index contributed by atoms with van der Waals surface area (Å²) in [4.78, 5) is 13.6. The molecule has 104 valence electrons. The number of alkyl halides is 2. The molecule has 0 spiro atoms. The van der Waals surface area contributed by atoms with E-state index in [2.05, 4.69) is 10.2 Å². The Kier molecular flexibility index (Phi) is 4.47. The Bertz CT molecular complexity index is 419. The molecule has 0 radical (unpaired) electrons. The monoisotopic (exact) mass is 268 g/mol. The Morgan fingerprint density at radius 3 is 2.53 bits per heavy atom. The summed E-state index contributed by atoms with van der Waals surface area (Å²) in [7, 11) is 0. The van der Waals surface area contributed by atoms with Crippen molar-refractivity contribution in [3.63, 3.8) is 0 Å². The van der Waals surface area contributed by atoms with Crippen molar-refractivity contribution in [1.29, 1.82) is 0 Å². The first-order valence-electron chi connectivity index (χ1n) is 6.50. The molecule has 5 heteroatoms. The van der Waals surface area contributed by atoms with Crippen molar-refractivity contribution < 1.29 is 13.6 Å². The van der Waals surface area contributed by atoms with E-state index < -0.39 is 12.5 Å². The molecule has 0 aromatic heterocycles. The van der Waals surface area contributed by atoms with Crippen LogP contribution in [0.3, 0.4) is 0 Å². The summed E-state index contributed by atoms with van der Waals surface area (Å²) in [6.07, 6.45) is 1.44. The Morgan fingerprint density at radius 1 is 1.26 bits per heavy atom. The molecule has 1 aliphatic heterocycles. The minimum absolute atomic E-state index is 0.0713. The van der Waals surface area contributed by atoms with E-state index in [-0.39, 0.29) is 17.9 Å². The van der Waals surface area contributed by atoms with Crippen LogP contribution in [0.5, 0.6) is 0 Å². The molecule has 19 heavy (non-hydrogen) atoms. The van der Waals surface area contributed by atoms with E-state index in [4.69, 9.17) is 0 Å². The number of benzene rings is 1. The summed E-state index contributed by atoms with van der Waals surface area (Å²) in [5.41, 5.74) is -0.0713. The average Bonchev–Trinajstić information content (AvgIpc) is 2.36. The fourth-order valence-corrected chi connectivity index (χ4v) is 1.95. The number of nitrogens with one attached hydrogen (secondary N) is 1. The minimum atomic E-state index is -3.02. The molecular formula is C14H18F2N2O. The van der Waals surface area contributed by atoms with Crippen LogP contribution in [-0.4, -0.2) is 37.0 Å². The SMILES string of the molecule is O=C(CCN1CCC1)NCC(F)(F)c1ccccc1. The Labute approximate surface area is 111 Å². The van der Waals surface area contributed by atoms with Gasteiger partial charge in [-0.25, -0.2) is 0 Å². The van der Waals surface area contributed by atoms with Crippen LogP contribution in [0, 0.1) is 0 Å². The van der Waals surface area contributed by atoms with Gasteiger partial charge in [-0.15, -0.1) is 0 Å². The molecule has 1 saturated heterocycles. The minimum Gasteiger partial charge on any atom is -0.350 e. The number of rotatable bonds is 6. The van der Waals surface area contributed by atoms with Gasteiger partial charge in [-0.3, -0.25) is 4.79 Å². The summed E-state index contributed by atoms with van der Waals surface area (Å²) >= 11 is 0. The lowest BCUT2D eigenvalue weighted by atomic mass is 10.1. The van der Waals surface area contributed by atoms with Crippen LogP contribution in [0.15, 0.2) is 30.3 Å². The first-order chi connectivity index (χ1) is 9.08.